The Balaban J connectivity index is 2.85. The summed E-state index contributed by atoms with van der Waals surface area (Å²) in [7, 11) is 0. The van der Waals surface area contributed by atoms with E-state index in [1.165, 1.54) is 0 Å². The molecular formula is C5H11N3. The van der Waals surface area contributed by atoms with Crippen LogP contribution in [-0.2, 0) is 0 Å². The van der Waals surface area contributed by atoms with Crippen molar-refractivity contribution in [3.8, 4) is 6.07 Å². The second kappa shape index (κ2) is 4.57. The zero-order valence-corrected chi connectivity index (χ0v) is 5.02. The first-order valence-corrected chi connectivity index (χ1v) is 2.60. The minimum absolute atomic E-state index is 0.142. The van der Waals surface area contributed by atoms with Crippen molar-refractivity contribution in [1.29, 1.82) is 5.26 Å². The molecule has 0 heterocycles. The average Bonchev–Trinajstić information content (AvgIpc) is 1.66. The highest BCUT2D eigenvalue weighted by Crippen LogP contribution is 1.66. The van der Waals surface area contributed by atoms with E-state index in [2.05, 4.69) is 5.32 Å². The average molecular weight is 113 g/mol. The Hall–Kier alpha value is -0.590. The van der Waals surface area contributed by atoms with Gasteiger partial charge < -0.3 is 11.1 Å². The van der Waals surface area contributed by atoms with E-state index in [-0.39, 0.29) is 6.04 Å². The van der Waals surface area contributed by atoms with Crippen molar-refractivity contribution in [2.24, 2.45) is 5.73 Å². The summed E-state index contributed by atoms with van der Waals surface area (Å²) in [5, 5.41) is 10.9. The molecule has 46 valence electrons. The van der Waals surface area contributed by atoms with E-state index < -0.39 is 0 Å². The third-order valence-electron chi connectivity index (χ3n) is 0.670. The van der Waals surface area contributed by atoms with Gasteiger partial charge in [-0.05, 0) is 6.92 Å². The minimum Gasteiger partial charge on any atom is -0.327 e. The van der Waals surface area contributed by atoms with Gasteiger partial charge in [-0.25, -0.2) is 0 Å². The van der Waals surface area contributed by atoms with Crippen molar-refractivity contribution >= 4 is 0 Å². The van der Waals surface area contributed by atoms with E-state index in [9.17, 15) is 0 Å². The first-order valence-electron chi connectivity index (χ1n) is 2.60. The van der Waals surface area contributed by atoms with Gasteiger partial charge in [-0.1, -0.05) is 0 Å². The molecule has 1 atom stereocenters. The number of nitrogens with zero attached hydrogens (tertiary/aromatic N) is 1. The fourth-order valence-corrected chi connectivity index (χ4v) is 0.356. The van der Waals surface area contributed by atoms with Crippen molar-refractivity contribution in [2.45, 2.75) is 13.0 Å². The molecule has 1 unspecified atom stereocenters. The predicted octanol–water partition coefficient (Wildman–Crippen LogP) is -0.553. The van der Waals surface area contributed by atoms with Gasteiger partial charge in [-0.2, -0.15) is 5.26 Å². The summed E-state index contributed by atoms with van der Waals surface area (Å²) in [5.41, 5.74) is 5.36. The van der Waals surface area contributed by atoms with Gasteiger partial charge in [0.2, 0.25) is 0 Å². The van der Waals surface area contributed by atoms with Crippen LogP contribution >= 0.6 is 0 Å². The molecule has 0 aromatic heterocycles. The van der Waals surface area contributed by atoms with Crippen molar-refractivity contribution in [2.75, 3.05) is 13.1 Å². The Kier molecular flexibility index (Phi) is 4.23. The Bertz CT molecular complexity index is 82.2. The van der Waals surface area contributed by atoms with E-state index >= 15 is 0 Å². The number of hydrogen-bond donors (Lipinski definition) is 2. The van der Waals surface area contributed by atoms with Crippen molar-refractivity contribution in [1.82, 2.24) is 5.32 Å². The number of nitriles is 1. The maximum Gasteiger partial charge on any atom is 0.0841 e. The van der Waals surface area contributed by atoms with Crippen LogP contribution in [0.15, 0.2) is 0 Å². The van der Waals surface area contributed by atoms with Gasteiger partial charge in [0.15, 0.2) is 0 Å². The summed E-state index contributed by atoms with van der Waals surface area (Å²) < 4.78 is 0. The molecule has 3 N–H and O–H groups in total. The minimum atomic E-state index is 0.142. The highest BCUT2D eigenvalue weighted by atomic mass is 14.9. The predicted molar refractivity (Wildman–Crippen MR) is 32.1 cm³/mol. The smallest absolute Gasteiger partial charge is 0.0841 e. The molecule has 0 aromatic rings. The fraction of sp³-hybridized carbons (Fsp3) is 0.800. The van der Waals surface area contributed by atoms with Crippen LogP contribution in [0.1, 0.15) is 6.92 Å². The summed E-state index contributed by atoms with van der Waals surface area (Å²) >= 11 is 0. The summed E-state index contributed by atoms with van der Waals surface area (Å²) in [4.78, 5) is 0. The van der Waals surface area contributed by atoms with Gasteiger partial charge >= 0.3 is 0 Å². The zero-order chi connectivity index (χ0) is 6.41. The number of rotatable bonds is 3. The molecule has 0 aliphatic heterocycles. The van der Waals surface area contributed by atoms with Crippen molar-refractivity contribution < 1.29 is 0 Å². The largest absolute Gasteiger partial charge is 0.327 e. The van der Waals surface area contributed by atoms with Crippen molar-refractivity contribution in [3.63, 3.8) is 0 Å². The van der Waals surface area contributed by atoms with Gasteiger partial charge in [0.25, 0.3) is 0 Å². The summed E-state index contributed by atoms with van der Waals surface area (Å²) in [6, 6.07) is 2.10. The molecule has 0 bridgehead atoms. The summed E-state index contributed by atoms with van der Waals surface area (Å²) in [6.45, 7) is 3.00. The Labute approximate surface area is 49.5 Å². The monoisotopic (exact) mass is 113 g/mol. The van der Waals surface area contributed by atoms with E-state index in [4.69, 9.17) is 11.0 Å². The molecule has 0 saturated carbocycles. The second-order valence-corrected chi connectivity index (χ2v) is 1.77. The van der Waals surface area contributed by atoms with Crippen molar-refractivity contribution in [3.05, 3.63) is 0 Å². The standard InChI is InChI=1S/C5H11N3/c1-5(7)4-8-3-2-6/h5,8H,3-4,7H2,1H3. The molecule has 0 aliphatic rings. The quantitative estimate of drug-likeness (QED) is 0.381. The van der Waals surface area contributed by atoms with Crippen LogP contribution in [-0.4, -0.2) is 19.1 Å². The molecule has 0 fully saturated rings. The molecule has 0 aromatic carbocycles. The van der Waals surface area contributed by atoms with Crippen LogP contribution < -0.4 is 11.1 Å². The molecule has 0 amide bonds. The van der Waals surface area contributed by atoms with Gasteiger partial charge in [0.1, 0.15) is 0 Å². The molecule has 8 heavy (non-hydrogen) atoms. The lowest BCUT2D eigenvalue weighted by Crippen LogP contribution is -2.31. The van der Waals surface area contributed by atoms with Crippen LogP contribution in [0.25, 0.3) is 0 Å². The molecule has 0 spiro atoms. The summed E-state index contributed by atoms with van der Waals surface area (Å²) in [5.74, 6) is 0. The normalized spacial score (nSPS) is 12.6. The SMILES string of the molecule is CC(N)CNCC#N. The third-order valence-corrected chi connectivity index (χ3v) is 0.670. The lowest BCUT2D eigenvalue weighted by Gasteiger charge is -2.01. The maximum absolute atomic E-state index is 8.03. The topological polar surface area (TPSA) is 61.8 Å². The number of nitrogens with two attached hydrogens (primary N) is 1. The third kappa shape index (κ3) is 5.41. The lowest BCUT2D eigenvalue weighted by molar-refractivity contribution is 0.644. The highest BCUT2D eigenvalue weighted by molar-refractivity contribution is 4.73. The first kappa shape index (κ1) is 7.41. The second-order valence-electron chi connectivity index (χ2n) is 1.77. The molecule has 3 nitrogen and oxygen atoms in total. The van der Waals surface area contributed by atoms with Crippen LogP contribution in [0.2, 0.25) is 0 Å². The van der Waals surface area contributed by atoms with Crippen LogP contribution in [0.5, 0.6) is 0 Å². The zero-order valence-electron chi connectivity index (χ0n) is 5.02. The maximum atomic E-state index is 8.03. The van der Waals surface area contributed by atoms with Crippen LogP contribution in [0.4, 0.5) is 0 Å². The molecule has 3 heteroatoms. The summed E-state index contributed by atoms with van der Waals surface area (Å²) in [6.07, 6.45) is 0. The highest BCUT2D eigenvalue weighted by Gasteiger charge is 1.88. The van der Waals surface area contributed by atoms with E-state index in [0.717, 1.165) is 0 Å². The first-order chi connectivity index (χ1) is 3.77. The Morgan fingerprint density at radius 2 is 2.50 bits per heavy atom. The molecule has 0 rings (SSSR count). The van der Waals surface area contributed by atoms with Gasteiger partial charge in [-0.15, -0.1) is 0 Å². The molecule has 0 saturated heterocycles. The Morgan fingerprint density at radius 1 is 1.88 bits per heavy atom. The molecular weight excluding hydrogens is 102 g/mol. The van der Waals surface area contributed by atoms with Crippen LogP contribution in [0.3, 0.4) is 0 Å². The van der Waals surface area contributed by atoms with Crippen LogP contribution in [0, 0.1) is 11.3 Å². The molecule has 0 aliphatic carbocycles. The Morgan fingerprint density at radius 3 is 2.88 bits per heavy atom. The van der Waals surface area contributed by atoms with Gasteiger partial charge in [0, 0.05) is 12.6 Å². The molecule has 0 radical (unpaired) electrons. The van der Waals surface area contributed by atoms with Gasteiger partial charge in [0.05, 0.1) is 12.6 Å². The van der Waals surface area contributed by atoms with Gasteiger partial charge in [-0.3, -0.25) is 0 Å². The lowest BCUT2D eigenvalue weighted by atomic mass is 10.4. The number of nitrogens with one attached hydrogen (secondary N) is 1. The van der Waals surface area contributed by atoms with E-state index in [1.807, 2.05) is 13.0 Å². The van der Waals surface area contributed by atoms with E-state index in [0.29, 0.717) is 13.1 Å². The number of hydrogen-bond acceptors (Lipinski definition) is 3. The van der Waals surface area contributed by atoms with E-state index in [1.54, 1.807) is 0 Å². The fourth-order valence-electron chi connectivity index (χ4n) is 0.356.